The van der Waals surface area contributed by atoms with Crippen molar-refractivity contribution < 1.29 is 14.3 Å². The lowest BCUT2D eigenvalue weighted by Gasteiger charge is -2.31. The van der Waals surface area contributed by atoms with Crippen LogP contribution in [0.3, 0.4) is 0 Å². The van der Waals surface area contributed by atoms with Crippen LogP contribution in [-0.4, -0.2) is 47.9 Å². The fourth-order valence-corrected chi connectivity index (χ4v) is 4.61. The van der Waals surface area contributed by atoms with Crippen molar-refractivity contribution in [2.24, 2.45) is 5.92 Å². The van der Waals surface area contributed by atoms with Crippen molar-refractivity contribution in [1.29, 1.82) is 0 Å². The van der Waals surface area contributed by atoms with Crippen molar-refractivity contribution in [1.82, 2.24) is 15.2 Å². The topological polar surface area (TPSA) is 74.4 Å². The highest BCUT2D eigenvalue weighted by molar-refractivity contribution is 5.89. The zero-order valence-electron chi connectivity index (χ0n) is 16.5. The molecular formula is C22H29N3O3. The molecule has 2 heterocycles. The zero-order chi connectivity index (χ0) is 19.5. The number of benzene rings is 1. The van der Waals surface area contributed by atoms with E-state index in [4.69, 9.17) is 4.74 Å². The standard InChI is InChI=1S/C22H29N3O3/c1-28-18-7-8-20-19(12-18)15(13-24-20)9-10-23-22(27)16-11-21(26)25(14-16)17-5-3-2-4-6-17/h7-8,12-13,16-17,24H,2-6,9-11,14H2,1H3,(H,23,27). The van der Waals surface area contributed by atoms with Gasteiger partial charge in [-0.25, -0.2) is 0 Å². The van der Waals surface area contributed by atoms with Gasteiger partial charge in [-0.1, -0.05) is 19.3 Å². The van der Waals surface area contributed by atoms with Crippen LogP contribution in [0.15, 0.2) is 24.4 Å². The van der Waals surface area contributed by atoms with Gasteiger partial charge in [-0.2, -0.15) is 0 Å². The van der Waals surface area contributed by atoms with Gasteiger partial charge in [0.1, 0.15) is 5.75 Å². The Kier molecular flexibility index (Phi) is 5.55. The number of hydrogen-bond donors (Lipinski definition) is 2. The molecule has 6 nitrogen and oxygen atoms in total. The van der Waals surface area contributed by atoms with E-state index in [1.165, 1.54) is 19.3 Å². The number of carbonyl (C=O) groups excluding carboxylic acids is 2. The lowest BCUT2D eigenvalue weighted by Crippen LogP contribution is -2.39. The summed E-state index contributed by atoms with van der Waals surface area (Å²) >= 11 is 0. The van der Waals surface area contributed by atoms with Gasteiger partial charge in [0.05, 0.1) is 13.0 Å². The van der Waals surface area contributed by atoms with Crippen LogP contribution in [0.1, 0.15) is 44.1 Å². The smallest absolute Gasteiger partial charge is 0.225 e. The summed E-state index contributed by atoms with van der Waals surface area (Å²) in [6, 6.07) is 6.29. The minimum absolute atomic E-state index is 0.00378. The van der Waals surface area contributed by atoms with E-state index in [0.717, 1.165) is 41.5 Å². The summed E-state index contributed by atoms with van der Waals surface area (Å²) < 4.78 is 5.31. The Hall–Kier alpha value is -2.50. The number of likely N-dealkylation sites (tertiary alicyclic amines) is 1. The van der Waals surface area contributed by atoms with Crippen LogP contribution >= 0.6 is 0 Å². The summed E-state index contributed by atoms with van der Waals surface area (Å²) in [5.41, 5.74) is 2.21. The minimum atomic E-state index is -0.211. The molecule has 1 aromatic heterocycles. The maximum Gasteiger partial charge on any atom is 0.225 e. The zero-order valence-corrected chi connectivity index (χ0v) is 16.5. The van der Waals surface area contributed by atoms with Crippen molar-refractivity contribution in [3.8, 4) is 5.75 Å². The number of carbonyl (C=O) groups is 2. The second-order valence-corrected chi connectivity index (χ2v) is 8.01. The number of methoxy groups -OCH3 is 1. The molecule has 2 aromatic rings. The quantitative estimate of drug-likeness (QED) is 0.805. The SMILES string of the molecule is COc1ccc2[nH]cc(CCNC(=O)C3CC(=O)N(C4CCCCC4)C3)c2c1. The highest BCUT2D eigenvalue weighted by Crippen LogP contribution is 2.29. The Bertz CT molecular complexity index is 854. The second-order valence-electron chi connectivity index (χ2n) is 8.01. The fourth-order valence-electron chi connectivity index (χ4n) is 4.61. The van der Waals surface area contributed by atoms with Gasteiger partial charge in [0.2, 0.25) is 11.8 Å². The Morgan fingerprint density at radius 2 is 2.11 bits per heavy atom. The minimum Gasteiger partial charge on any atom is -0.497 e. The summed E-state index contributed by atoms with van der Waals surface area (Å²) in [6.45, 7) is 1.15. The Balaban J connectivity index is 1.31. The van der Waals surface area contributed by atoms with Crippen LogP contribution in [-0.2, 0) is 16.0 Å². The van der Waals surface area contributed by atoms with E-state index in [2.05, 4.69) is 10.3 Å². The molecule has 1 aliphatic heterocycles. The molecule has 1 unspecified atom stereocenters. The van der Waals surface area contributed by atoms with Gasteiger partial charge in [0, 0.05) is 42.7 Å². The molecule has 2 N–H and O–H groups in total. The molecule has 4 rings (SSSR count). The number of ether oxygens (including phenoxy) is 1. The average molecular weight is 383 g/mol. The molecule has 0 bridgehead atoms. The first kappa shape index (κ1) is 18.8. The van der Waals surface area contributed by atoms with Crippen molar-refractivity contribution in [2.75, 3.05) is 20.2 Å². The molecule has 0 spiro atoms. The van der Waals surface area contributed by atoms with E-state index in [1.807, 2.05) is 29.3 Å². The summed E-state index contributed by atoms with van der Waals surface area (Å²) in [4.78, 5) is 30.2. The van der Waals surface area contributed by atoms with E-state index >= 15 is 0 Å². The first-order valence-corrected chi connectivity index (χ1v) is 10.4. The van der Waals surface area contributed by atoms with Gasteiger partial charge in [-0.15, -0.1) is 0 Å². The Labute approximate surface area is 165 Å². The van der Waals surface area contributed by atoms with Crippen molar-refractivity contribution in [2.45, 2.75) is 51.0 Å². The third-order valence-electron chi connectivity index (χ3n) is 6.21. The van der Waals surface area contributed by atoms with Gasteiger partial charge in [-0.05, 0) is 43.0 Å². The lowest BCUT2D eigenvalue weighted by atomic mass is 9.94. The first-order chi connectivity index (χ1) is 13.7. The molecule has 1 aliphatic carbocycles. The number of rotatable bonds is 6. The molecule has 1 aromatic carbocycles. The molecule has 6 heteroatoms. The van der Waals surface area contributed by atoms with Gasteiger partial charge in [0.15, 0.2) is 0 Å². The number of fused-ring (bicyclic) bond motifs is 1. The average Bonchev–Trinajstić information content (AvgIpc) is 3.31. The van der Waals surface area contributed by atoms with Gasteiger partial charge in [0.25, 0.3) is 0 Å². The molecule has 1 saturated heterocycles. The highest BCUT2D eigenvalue weighted by atomic mass is 16.5. The van der Waals surface area contributed by atoms with E-state index < -0.39 is 0 Å². The first-order valence-electron chi connectivity index (χ1n) is 10.4. The molecular weight excluding hydrogens is 354 g/mol. The normalized spacial score (nSPS) is 20.7. The lowest BCUT2D eigenvalue weighted by molar-refractivity contribution is -0.130. The van der Waals surface area contributed by atoms with Crippen molar-refractivity contribution in [3.63, 3.8) is 0 Å². The predicted molar refractivity (Wildman–Crippen MR) is 108 cm³/mol. The van der Waals surface area contributed by atoms with E-state index in [1.54, 1.807) is 7.11 Å². The van der Waals surface area contributed by atoms with Crippen LogP contribution in [0.2, 0.25) is 0 Å². The van der Waals surface area contributed by atoms with Gasteiger partial charge < -0.3 is 19.9 Å². The largest absolute Gasteiger partial charge is 0.497 e. The second kappa shape index (κ2) is 8.25. The van der Waals surface area contributed by atoms with E-state index in [0.29, 0.717) is 25.6 Å². The van der Waals surface area contributed by atoms with Crippen LogP contribution in [0.5, 0.6) is 5.75 Å². The number of nitrogens with zero attached hydrogens (tertiary/aromatic N) is 1. The van der Waals surface area contributed by atoms with Gasteiger partial charge >= 0.3 is 0 Å². The molecule has 1 saturated carbocycles. The fraction of sp³-hybridized carbons (Fsp3) is 0.545. The summed E-state index contributed by atoms with van der Waals surface area (Å²) in [5, 5.41) is 4.16. The summed E-state index contributed by atoms with van der Waals surface area (Å²) in [5.74, 6) is 0.766. The summed E-state index contributed by atoms with van der Waals surface area (Å²) in [6.07, 6.45) is 8.91. The van der Waals surface area contributed by atoms with Crippen LogP contribution in [0.25, 0.3) is 10.9 Å². The van der Waals surface area contributed by atoms with Crippen molar-refractivity contribution >= 4 is 22.7 Å². The van der Waals surface area contributed by atoms with Crippen LogP contribution in [0.4, 0.5) is 0 Å². The Morgan fingerprint density at radius 1 is 1.29 bits per heavy atom. The number of aromatic amines is 1. The molecule has 2 fully saturated rings. The van der Waals surface area contributed by atoms with E-state index in [-0.39, 0.29) is 17.7 Å². The molecule has 2 aliphatic rings. The number of hydrogen-bond acceptors (Lipinski definition) is 3. The molecule has 2 amide bonds. The monoisotopic (exact) mass is 383 g/mol. The highest BCUT2D eigenvalue weighted by Gasteiger charge is 2.37. The number of aromatic nitrogens is 1. The molecule has 28 heavy (non-hydrogen) atoms. The maximum atomic E-state index is 12.6. The van der Waals surface area contributed by atoms with Crippen molar-refractivity contribution in [3.05, 3.63) is 30.0 Å². The number of H-pyrrole nitrogens is 1. The van der Waals surface area contributed by atoms with Gasteiger partial charge in [-0.3, -0.25) is 9.59 Å². The number of amides is 2. The maximum absolute atomic E-state index is 12.6. The Morgan fingerprint density at radius 3 is 2.89 bits per heavy atom. The number of nitrogens with one attached hydrogen (secondary N) is 2. The summed E-state index contributed by atoms with van der Waals surface area (Å²) in [7, 11) is 1.66. The third-order valence-corrected chi connectivity index (χ3v) is 6.21. The molecule has 1 atom stereocenters. The van der Waals surface area contributed by atoms with E-state index in [9.17, 15) is 9.59 Å². The third kappa shape index (κ3) is 3.86. The molecule has 0 radical (unpaired) electrons. The van der Waals surface area contributed by atoms with Crippen LogP contribution < -0.4 is 10.1 Å². The predicted octanol–water partition coefficient (Wildman–Crippen LogP) is 3.02. The van der Waals surface area contributed by atoms with Crippen LogP contribution in [0, 0.1) is 5.92 Å². The molecule has 150 valence electrons.